The van der Waals surface area contributed by atoms with Crippen molar-refractivity contribution in [2.24, 2.45) is 10.9 Å². The van der Waals surface area contributed by atoms with Crippen molar-refractivity contribution in [1.82, 2.24) is 5.32 Å². The van der Waals surface area contributed by atoms with Gasteiger partial charge in [0, 0.05) is 12.1 Å². The van der Waals surface area contributed by atoms with Gasteiger partial charge in [0.15, 0.2) is 0 Å². The van der Waals surface area contributed by atoms with Crippen LogP contribution in [0.5, 0.6) is 0 Å². The summed E-state index contributed by atoms with van der Waals surface area (Å²) in [6.45, 7) is 0.686. The zero-order valence-electron chi connectivity index (χ0n) is 10.2. The summed E-state index contributed by atoms with van der Waals surface area (Å²) in [6, 6.07) is 9.67. The van der Waals surface area contributed by atoms with Gasteiger partial charge >= 0.3 is 0 Å². The summed E-state index contributed by atoms with van der Waals surface area (Å²) in [7, 11) is 0. The van der Waals surface area contributed by atoms with Gasteiger partial charge in [-0.15, -0.1) is 0 Å². The average molecular weight is 249 g/mol. The molecular weight excluding hydrogens is 230 g/mol. The summed E-state index contributed by atoms with van der Waals surface area (Å²) in [4.78, 5) is 0. The Morgan fingerprint density at radius 3 is 2.56 bits per heavy atom. The summed E-state index contributed by atoms with van der Waals surface area (Å²) < 4.78 is 0. The number of nitrogens with one attached hydrogen (secondary N) is 1. The first kappa shape index (κ1) is 12.9. The second kappa shape index (κ2) is 5.37. The van der Waals surface area contributed by atoms with Crippen molar-refractivity contribution in [3.05, 3.63) is 35.9 Å². The van der Waals surface area contributed by atoms with E-state index in [-0.39, 0.29) is 23.9 Å². The molecule has 1 aliphatic carbocycles. The van der Waals surface area contributed by atoms with Gasteiger partial charge in [0.25, 0.3) is 0 Å². The summed E-state index contributed by atoms with van der Waals surface area (Å²) in [5, 5.41) is 24.5. The van der Waals surface area contributed by atoms with E-state index in [0.717, 1.165) is 18.4 Å². The fourth-order valence-corrected chi connectivity index (χ4v) is 2.01. The third-order valence-corrected chi connectivity index (χ3v) is 3.51. The third kappa shape index (κ3) is 2.80. The first-order valence-corrected chi connectivity index (χ1v) is 6.09. The second-order valence-corrected chi connectivity index (χ2v) is 4.81. The first-order chi connectivity index (χ1) is 8.71. The van der Waals surface area contributed by atoms with Gasteiger partial charge in [-0.05, 0) is 18.4 Å². The van der Waals surface area contributed by atoms with Gasteiger partial charge in [0.05, 0.1) is 12.5 Å². The molecule has 0 aromatic heterocycles. The maximum atomic E-state index is 9.26. The number of nitrogens with two attached hydrogens (primary N) is 1. The molecule has 18 heavy (non-hydrogen) atoms. The van der Waals surface area contributed by atoms with Crippen molar-refractivity contribution in [3.8, 4) is 0 Å². The van der Waals surface area contributed by atoms with Crippen LogP contribution in [0, 0.1) is 0 Å². The molecule has 0 spiro atoms. The summed E-state index contributed by atoms with van der Waals surface area (Å²) in [5.41, 5.74) is 6.58. The lowest BCUT2D eigenvalue weighted by molar-refractivity contribution is 0.230. The normalized spacial score (nSPS) is 19.5. The van der Waals surface area contributed by atoms with Gasteiger partial charge in [-0.2, -0.15) is 0 Å². The van der Waals surface area contributed by atoms with Gasteiger partial charge < -0.3 is 21.4 Å². The molecule has 0 radical (unpaired) electrons. The van der Waals surface area contributed by atoms with Gasteiger partial charge in [0.2, 0.25) is 0 Å². The standard InChI is InChI=1S/C13H19N3O2/c14-12(16-18)11(10-4-2-1-3-5-10)8-15-13(9-17)6-7-13/h1-5,11,15,17-18H,6-9H2,(H2,14,16). The zero-order valence-corrected chi connectivity index (χ0v) is 10.2. The van der Waals surface area contributed by atoms with E-state index in [9.17, 15) is 5.11 Å². The Kier molecular flexibility index (Phi) is 3.84. The van der Waals surface area contributed by atoms with Crippen LogP contribution >= 0.6 is 0 Å². The van der Waals surface area contributed by atoms with Crippen molar-refractivity contribution in [2.75, 3.05) is 13.2 Å². The molecule has 1 fully saturated rings. The molecule has 1 atom stereocenters. The number of aliphatic hydroxyl groups is 1. The topological polar surface area (TPSA) is 90.9 Å². The number of hydrogen-bond donors (Lipinski definition) is 4. The highest BCUT2D eigenvalue weighted by Crippen LogP contribution is 2.35. The fourth-order valence-electron chi connectivity index (χ4n) is 2.01. The number of oxime groups is 1. The van der Waals surface area contributed by atoms with E-state index in [1.807, 2.05) is 30.3 Å². The van der Waals surface area contributed by atoms with Crippen molar-refractivity contribution >= 4 is 5.84 Å². The Bertz CT molecular complexity index is 416. The minimum atomic E-state index is -0.180. The molecule has 0 bridgehead atoms. The predicted molar refractivity (Wildman–Crippen MR) is 69.6 cm³/mol. The molecule has 0 aliphatic heterocycles. The largest absolute Gasteiger partial charge is 0.409 e. The quantitative estimate of drug-likeness (QED) is 0.257. The number of hydrogen-bond acceptors (Lipinski definition) is 4. The maximum Gasteiger partial charge on any atom is 0.147 e. The Labute approximate surface area is 106 Å². The molecule has 2 rings (SSSR count). The highest BCUT2D eigenvalue weighted by Gasteiger charge is 2.42. The number of aliphatic hydroxyl groups excluding tert-OH is 1. The van der Waals surface area contributed by atoms with E-state index in [4.69, 9.17) is 10.9 Å². The van der Waals surface area contributed by atoms with E-state index in [2.05, 4.69) is 10.5 Å². The Morgan fingerprint density at radius 2 is 2.06 bits per heavy atom. The van der Waals surface area contributed by atoms with Crippen LogP contribution in [0.15, 0.2) is 35.5 Å². The molecule has 0 heterocycles. The van der Waals surface area contributed by atoms with Crippen LogP contribution in [0.3, 0.4) is 0 Å². The minimum Gasteiger partial charge on any atom is -0.409 e. The molecule has 98 valence electrons. The van der Waals surface area contributed by atoms with Crippen molar-refractivity contribution < 1.29 is 10.3 Å². The molecule has 5 N–H and O–H groups in total. The molecule has 0 amide bonds. The van der Waals surface area contributed by atoms with Crippen molar-refractivity contribution in [3.63, 3.8) is 0 Å². The van der Waals surface area contributed by atoms with Crippen LogP contribution in [0.25, 0.3) is 0 Å². The fraction of sp³-hybridized carbons (Fsp3) is 0.462. The van der Waals surface area contributed by atoms with Crippen molar-refractivity contribution in [1.29, 1.82) is 0 Å². The average Bonchev–Trinajstić information content (AvgIpc) is 3.20. The lowest BCUT2D eigenvalue weighted by atomic mass is 9.97. The highest BCUT2D eigenvalue weighted by atomic mass is 16.4. The van der Waals surface area contributed by atoms with Crippen LogP contribution in [-0.2, 0) is 0 Å². The van der Waals surface area contributed by atoms with Crippen LogP contribution < -0.4 is 11.1 Å². The van der Waals surface area contributed by atoms with E-state index in [1.165, 1.54) is 0 Å². The Hall–Kier alpha value is -1.59. The first-order valence-electron chi connectivity index (χ1n) is 6.09. The van der Waals surface area contributed by atoms with Crippen LogP contribution in [0.4, 0.5) is 0 Å². The molecule has 1 aliphatic rings. The van der Waals surface area contributed by atoms with Gasteiger partial charge in [-0.1, -0.05) is 35.5 Å². The number of amidine groups is 1. The van der Waals surface area contributed by atoms with Gasteiger partial charge in [0.1, 0.15) is 5.84 Å². The summed E-state index contributed by atoms with van der Waals surface area (Å²) in [6.07, 6.45) is 1.95. The highest BCUT2D eigenvalue weighted by molar-refractivity contribution is 5.87. The molecule has 5 nitrogen and oxygen atoms in total. The third-order valence-electron chi connectivity index (χ3n) is 3.51. The molecule has 5 heteroatoms. The molecule has 1 unspecified atom stereocenters. The lowest BCUT2D eigenvalue weighted by Gasteiger charge is -2.21. The van der Waals surface area contributed by atoms with Crippen LogP contribution in [0.2, 0.25) is 0 Å². The minimum absolute atomic E-state index is 0.130. The summed E-state index contributed by atoms with van der Waals surface area (Å²) in [5.74, 6) is 0.00247. The monoisotopic (exact) mass is 249 g/mol. The molecule has 1 aromatic rings. The zero-order chi connectivity index (χ0) is 13.0. The summed E-state index contributed by atoms with van der Waals surface area (Å²) >= 11 is 0. The van der Waals surface area contributed by atoms with Gasteiger partial charge in [-0.25, -0.2) is 0 Å². The smallest absolute Gasteiger partial charge is 0.147 e. The van der Waals surface area contributed by atoms with Crippen molar-refractivity contribution in [2.45, 2.75) is 24.3 Å². The maximum absolute atomic E-state index is 9.26. The van der Waals surface area contributed by atoms with E-state index >= 15 is 0 Å². The SMILES string of the molecule is N/C(=N/O)C(CNC1(CO)CC1)c1ccccc1. The molecular formula is C13H19N3O2. The van der Waals surface area contributed by atoms with E-state index in [1.54, 1.807) is 0 Å². The number of nitrogens with zero attached hydrogens (tertiary/aromatic N) is 1. The van der Waals surface area contributed by atoms with E-state index < -0.39 is 0 Å². The van der Waals surface area contributed by atoms with Crippen LogP contribution in [-0.4, -0.2) is 34.8 Å². The van der Waals surface area contributed by atoms with Gasteiger partial charge in [-0.3, -0.25) is 0 Å². The molecule has 1 saturated carbocycles. The lowest BCUT2D eigenvalue weighted by Crippen LogP contribution is -2.40. The number of rotatable bonds is 6. The predicted octanol–water partition coefficient (Wildman–Crippen LogP) is 0.631. The number of benzene rings is 1. The Balaban J connectivity index is 2.07. The van der Waals surface area contributed by atoms with E-state index in [0.29, 0.717) is 6.54 Å². The molecule has 1 aromatic carbocycles. The van der Waals surface area contributed by atoms with Crippen LogP contribution in [0.1, 0.15) is 24.3 Å². The second-order valence-electron chi connectivity index (χ2n) is 4.81. The molecule has 0 saturated heterocycles. The Morgan fingerprint density at radius 1 is 1.39 bits per heavy atom.